The minimum Gasteiger partial charge on any atom is -0.462 e. The smallest absolute Gasteiger partial charge is 0.338 e. The molecule has 2 rings (SSSR count). The van der Waals surface area contributed by atoms with Crippen molar-refractivity contribution in [2.45, 2.75) is 77.6 Å². The highest BCUT2D eigenvalue weighted by Gasteiger charge is 2.12. The van der Waals surface area contributed by atoms with Gasteiger partial charge in [0.1, 0.15) is 0 Å². The predicted molar refractivity (Wildman–Crippen MR) is 129 cm³/mol. The average molecular weight is 439 g/mol. The second-order valence-corrected chi connectivity index (χ2v) is 8.27. The third kappa shape index (κ3) is 10.6. The lowest BCUT2D eigenvalue weighted by Crippen LogP contribution is -2.11. The van der Waals surface area contributed by atoms with Gasteiger partial charge in [0, 0.05) is 6.42 Å². The first kappa shape index (κ1) is 25.6. The van der Waals surface area contributed by atoms with E-state index in [1.807, 2.05) is 30.3 Å². The van der Waals surface area contributed by atoms with Crippen molar-refractivity contribution in [2.75, 3.05) is 13.2 Å². The van der Waals surface area contributed by atoms with Gasteiger partial charge in [-0.15, -0.1) is 0 Å². The lowest BCUT2D eigenvalue weighted by Gasteiger charge is -2.08. The van der Waals surface area contributed by atoms with Crippen LogP contribution in [0.5, 0.6) is 0 Å². The molecule has 2 aromatic rings. The lowest BCUT2D eigenvalue weighted by atomic mass is 10.1. The van der Waals surface area contributed by atoms with E-state index in [1.165, 1.54) is 51.4 Å². The molecule has 0 unspecified atom stereocenters. The molecule has 0 aliphatic heterocycles. The van der Waals surface area contributed by atoms with Crippen LogP contribution in [0.4, 0.5) is 0 Å². The van der Waals surface area contributed by atoms with Gasteiger partial charge in [0.2, 0.25) is 0 Å². The Balaban J connectivity index is 1.60. The Hall–Kier alpha value is -2.62. The Morgan fingerprint density at radius 1 is 0.625 bits per heavy atom. The topological polar surface area (TPSA) is 52.6 Å². The van der Waals surface area contributed by atoms with Crippen molar-refractivity contribution in [3.63, 3.8) is 0 Å². The van der Waals surface area contributed by atoms with Crippen molar-refractivity contribution in [1.82, 2.24) is 0 Å². The van der Waals surface area contributed by atoms with Crippen LogP contribution in [0.2, 0.25) is 0 Å². The molecule has 0 aliphatic rings. The molecule has 32 heavy (non-hydrogen) atoms. The number of ether oxygens (including phenoxy) is 2. The summed E-state index contributed by atoms with van der Waals surface area (Å²) in [6, 6.07) is 16.4. The number of hydrogen-bond acceptors (Lipinski definition) is 4. The average Bonchev–Trinajstić information content (AvgIpc) is 2.83. The first-order valence-electron chi connectivity index (χ1n) is 12.2. The molecular weight excluding hydrogens is 400 g/mol. The lowest BCUT2D eigenvalue weighted by molar-refractivity contribution is 0.0497. The van der Waals surface area contributed by atoms with Crippen molar-refractivity contribution < 1.29 is 19.1 Å². The fourth-order valence-electron chi connectivity index (χ4n) is 3.60. The van der Waals surface area contributed by atoms with Crippen molar-refractivity contribution in [1.29, 1.82) is 0 Å². The van der Waals surface area contributed by atoms with Crippen LogP contribution in [0.3, 0.4) is 0 Å². The maximum Gasteiger partial charge on any atom is 0.338 e. The van der Waals surface area contributed by atoms with Gasteiger partial charge in [0.05, 0.1) is 24.3 Å². The fourth-order valence-corrected chi connectivity index (χ4v) is 3.60. The van der Waals surface area contributed by atoms with Gasteiger partial charge >= 0.3 is 11.9 Å². The largest absolute Gasteiger partial charge is 0.462 e. The summed E-state index contributed by atoms with van der Waals surface area (Å²) in [7, 11) is 0. The Morgan fingerprint density at radius 2 is 1.16 bits per heavy atom. The predicted octanol–water partition coefficient (Wildman–Crippen LogP) is 7.16. The zero-order valence-corrected chi connectivity index (χ0v) is 19.5. The number of hydrogen-bond donors (Lipinski definition) is 0. The van der Waals surface area contributed by atoms with Gasteiger partial charge in [-0.1, -0.05) is 101 Å². The van der Waals surface area contributed by atoms with Gasteiger partial charge in [-0.3, -0.25) is 0 Å². The minimum absolute atomic E-state index is 0.302. The summed E-state index contributed by atoms with van der Waals surface area (Å²) in [5, 5.41) is 0. The van der Waals surface area contributed by atoms with Gasteiger partial charge in [0.25, 0.3) is 0 Å². The maximum atomic E-state index is 12.3. The minimum atomic E-state index is -0.426. The Bertz CT molecular complexity index is 785. The molecule has 0 bridgehead atoms. The highest BCUT2D eigenvalue weighted by atomic mass is 16.5. The van der Waals surface area contributed by atoms with E-state index in [2.05, 4.69) is 6.92 Å². The highest BCUT2D eigenvalue weighted by molar-refractivity contribution is 5.95. The maximum absolute atomic E-state index is 12.3. The molecule has 0 saturated heterocycles. The molecule has 4 heteroatoms. The van der Waals surface area contributed by atoms with Crippen molar-refractivity contribution in [3.8, 4) is 0 Å². The van der Waals surface area contributed by atoms with Gasteiger partial charge in [-0.05, 0) is 30.2 Å². The van der Waals surface area contributed by atoms with Crippen molar-refractivity contribution in [3.05, 3.63) is 71.3 Å². The summed E-state index contributed by atoms with van der Waals surface area (Å²) >= 11 is 0. The third-order valence-corrected chi connectivity index (χ3v) is 5.53. The third-order valence-electron chi connectivity index (χ3n) is 5.53. The summed E-state index contributed by atoms with van der Waals surface area (Å²) in [6.45, 7) is 2.96. The summed E-state index contributed by atoms with van der Waals surface area (Å²) in [5.41, 5.74) is 1.87. The van der Waals surface area contributed by atoms with Crippen LogP contribution >= 0.6 is 0 Å². The molecule has 2 aromatic carbocycles. The second kappa shape index (κ2) is 16.1. The molecule has 0 amide bonds. The molecule has 0 atom stereocenters. The number of carbonyl (C=O) groups excluding carboxylic acids is 2. The van der Waals surface area contributed by atoms with E-state index >= 15 is 0 Å². The van der Waals surface area contributed by atoms with E-state index in [0.717, 1.165) is 18.4 Å². The number of unbranched alkanes of at least 4 members (excludes halogenated alkanes) is 9. The molecule has 0 fully saturated rings. The van der Waals surface area contributed by atoms with E-state index in [4.69, 9.17) is 9.47 Å². The molecule has 4 nitrogen and oxygen atoms in total. The van der Waals surface area contributed by atoms with Crippen LogP contribution in [0.15, 0.2) is 54.6 Å². The van der Waals surface area contributed by atoms with Crippen LogP contribution in [-0.4, -0.2) is 25.2 Å². The SMILES string of the molecule is CCCCCCCCCCCCOC(=O)c1cccc(C(=O)OCCc2ccccc2)c1. The van der Waals surface area contributed by atoms with E-state index in [0.29, 0.717) is 30.8 Å². The molecule has 0 saturated carbocycles. The normalized spacial score (nSPS) is 10.7. The zero-order valence-electron chi connectivity index (χ0n) is 19.5. The van der Waals surface area contributed by atoms with E-state index in [-0.39, 0.29) is 5.97 Å². The fraction of sp³-hybridized carbons (Fsp3) is 0.500. The second-order valence-electron chi connectivity index (χ2n) is 8.27. The zero-order chi connectivity index (χ0) is 22.9. The van der Waals surface area contributed by atoms with Gasteiger partial charge in [-0.25, -0.2) is 9.59 Å². The molecule has 0 radical (unpaired) electrons. The van der Waals surface area contributed by atoms with Crippen LogP contribution < -0.4 is 0 Å². The Labute approximate surface area is 193 Å². The molecule has 0 heterocycles. The number of benzene rings is 2. The molecule has 0 aromatic heterocycles. The first-order valence-corrected chi connectivity index (χ1v) is 12.2. The Morgan fingerprint density at radius 3 is 1.75 bits per heavy atom. The molecular formula is C28H38O4. The van der Waals surface area contributed by atoms with E-state index in [1.54, 1.807) is 24.3 Å². The first-order chi connectivity index (χ1) is 15.7. The highest BCUT2D eigenvalue weighted by Crippen LogP contribution is 2.12. The summed E-state index contributed by atoms with van der Waals surface area (Å²) in [4.78, 5) is 24.6. The van der Waals surface area contributed by atoms with Crippen LogP contribution in [-0.2, 0) is 15.9 Å². The van der Waals surface area contributed by atoms with E-state index in [9.17, 15) is 9.59 Å². The Kier molecular flexibility index (Phi) is 12.9. The molecule has 0 N–H and O–H groups in total. The quantitative estimate of drug-likeness (QED) is 0.206. The standard InChI is InChI=1S/C28H38O4/c1-2-3-4-5-6-7-8-9-10-14-21-31-27(29)25-18-15-19-26(23-25)28(30)32-22-20-24-16-12-11-13-17-24/h11-13,15-19,23H,2-10,14,20-22H2,1H3. The molecule has 0 aliphatic carbocycles. The summed E-state index contributed by atoms with van der Waals surface area (Å²) < 4.78 is 10.7. The van der Waals surface area contributed by atoms with Crippen LogP contribution in [0.25, 0.3) is 0 Å². The number of carbonyl (C=O) groups is 2. The van der Waals surface area contributed by atoms with Gasteiger partial charge in [-0.2, -0.15) is 0 Å². The van der Waals surface area contributed by atoms with Crippen molar-refractivity contribution >= 4 is 11.9 Å². The van der Waals surface area contributed by atoms with Gasteiger partial charge < -0.3 is 9.47 Å². The van der Waals surface area contributed by atoms with Crippen LogP contribution in [0, 0.1) is 0 Å². The summed E-state index contributed by atoms with van der Waals surface area (Å²) in [5.74, 6) is -0.815. The van der Waals surface area contributed by atoms with Crippen LogP contribution in [0.1, 0.15) is 97.4 Å². The molecule has 0 spiro atoms. The molecule has 174 valence electrons. The summed E-state index contributed by atoms with van der Waals surface area (Å²) in [6.07, 6.45) is 13.1. The monoisotopic (exact) mass is 438 g/mol. The van der Waals surface area contributed by atoms with E-state index < -0.39 is 5.97 Å². The number of esters is 2. The number of rotatable bonds is 16. The van der Waals surface area contributed by atoms with Gasteiger partial charge in [0.15, 0.2) is 0 Å². The van der Waals surface area contributed by atoms with Crippen molar-refractivity contribution in [2.24, 2.45) is 0 Å².